The zero-order valence-corrected chi connectivity index (χ0v) is 12.2. The van der Waals surface area contributed by atoms with E-state index in [0.29, 0.717) is 0 Å². The van der Waals surface area contributed by atoms with Gasteiger partial charge < -0.3 is 19.3 Å². The van der Waals surface area contributed by atoms with E-state index in [9.17, 15) is 9.90 Å². The first-order valence-corrected chi connectivity index (χ1v) is 6.60. The van der Waals surface area contributed by atoms with Gasteiger partial charge in [-0.05, 0) is 24.8 Å². The third-order valence-corrected chi connectivity index (χ3v) is 3.36. The standard InChI is InChI=1S/C15H13ClO5/c1-3-4-5-6-7-11-13(16)14(18)15(21-11)12(8-9-19-15)20-10(2)17/h7-9,12-14,18H,1-2H3/b11-7+. The number of hydrogen-bond acceptors (Lipinski definition) is 5. The highest BCUT2D eigenvalue weighted by Crippen LogP contribution is 2.44. The van der Waals surface area contributed by atoms with Crippen molar-refractivity contribution in [2.24, 2.45) is 0 Å². The van der Waals surface area contributed by atoms with E-state index in [1.54, 1.807) is 6.92 Å². The maximum atomic E-state index is 11.1. The van der Waals surface area contributed by atoms with Crippen LogP contribution in [0.1, 0.15) is 13.8 Å². The van der Waals surface area contributed by atoms with Crippen LogP contribution in [0.4, 0.5) is 0 Å². The first-order chi connectivity index (χ1) is 10.0. The van der Waals surface area contributed by atoms with Crippen molar-refractivity contribution >= 4 is 17.6 Å². The highest BCUT2D eigenvalue weighted by Gasteiger charge is 2.62. The molecule has 0 aromatic rings. The minimum atomic E-state index is -1.57. The molecule has 110 valence electrons. The lowest BCUT2D eigenvalue weighted by molar-refractivity contribution is -0.239. The zero-order valence-electron chi connectivity index (χ0n) is 11.4. The second-order valence-electron chi connectivity index (χ2n) is 4.34. The second kappa shape index (κ2) is 6.13. The molecular formula is C15H13ClO5. The smallest absolute Gasteiger partial charge is 0.319 e. The second-order valence-corrected chi connectivity index (χ2v) is 4.81. The van der Waals surface area contributed by atoms with E-state index in [2.05, 4.69) is 23.7 Å². The Balaban J connectivity index is 2.25. The van der Waals surface area contributed by atoms with E-state index in [0.717, 1.165) is 0 Å². The van der Waals surface area contributed by atoms with E-state index >= 15 is 0 Å². The van der Waals surface area contributed by atoms with Crippen molar-refractivity contribution in [1.29, 1.82) is 0 Å². The summed E-state index contributed by atoms with van der Waals surface area (Å²) in [4.78, 5) is 11.1. The van der Waals surface area contributed by atoms with Gasteiger partial charge in [0, 0.05) is 13.0 Å². The number of rotatable bonds is 1. The van der Waals surface area contributed by atoms with Gasteiger partial charge in [-0.25, -0.2) is 0 Å². The molecule has 4 unspecified atom stereocenters. The average molecular weight is 309 g/mol. The molecule has 2 heterocycles. The average Bonchev–Trinajstić information content (AvgIpc) is 2.93. The first-order valence-electron chi connectivity index (χ1n) is 6.16. The van der Waals surface area contributed by atoms with Crippen molar-refractivity contribution in [2.75, 3.05) is 0 Å². The summed E-state index contributed by atoms with van der Waals surface area (Å²) in [6, 6.07) is 0. The molecule has 21 heavy (non-hydrogen) atoms. The monoisotopic (exact) mass is 308 g/mol. The van der Waals surface area contributed by atoms with Gasteiger partial charge in [0.2, 0.25) is 6.10 Å². The van der Waals surface area contributed by atoms with Gasteiger partial charge in [0.1, 0.15) is 11.1 Å². The molecule has 1 fully saturated rings. The van der Waals surface area contributed by atoms with Crippen LogP contribution in [0.15, 0.2) is 24.2 Å². The van der Waals surface area contributed by atoms with Gasteiger partial charge in [0.15, 0.2) is 6.10 Å². The highest BCUT2D eigenvalue weighted by molar-refractivity contribution is 6.23. The molecule has 5 nitrogen and oxygen atoms in total. The van der Waals surface area contributed by atoms with E-state index < -0.39 is 29.3 Å². The Kier molecular flexibility index (Phi) is 4.47. The molecule has 6 heteroatoms. The Hall–Kier alpha value is -2.08. The molecule has 2 rings (SSSR count). The predicted molar refractivity (Wildman–Crippen MR) is 74.6 cm³/mol. The Bertz CT molecular complexity index is 615. The lowest BCUT2D eigenvalue weighted by Gasteiger charge is -2.30. The number of aliphatic hydroxyl groups is 1. The molecule has 0 aliphatic carbocycles. The van der Waals surface area contributed by atoms with E-state index in [4.69, 9.17) is 25.8 Å². The van der Waals surface area contributed by atoms with Crippen LogP contribution in [0.3, 0.4) is 0 Å². The number of hydrogen-bond donors (Lipinski definition) is 1. The Labute approximate surface area is 127 Å². The molecule has 0 aromatic heterocycles. The van der Waals surface area contributed by atoms with Gasteiger partial charge in [0.05, 0.1) is 6.26 Å². The number of esters is 1. The normalized spacial score (nSPS) is 34.5. The summed E-state index contributed by atoms with van der Waals surface area (Å²) in [6.45, 7) is 2.92. The Morgan fingerprint density at radius 1 is 1.57 bits per heavy atom. The van der Waals surface area contributed by atoms with E-state index in [1.165, 1.54) is 25.3 Å². The van der Waals surface area contributed by atoms with Gasteiger partial charge in [-0.15, -0.1) is 11.6 Å². The number of halogens is 1. The molecule has 2 aliphatic rings. The van der Waals surface area contributed by atoms with Gasteiger partial charge in [-0.1, -0.05) is 11.8 Å². The number of alkyl halides is 1. The Morgan fingerprint density at radius 2 is 2.33 bits per heavy atom. The molecule has 0 bridgehead atoms. The van der Waals surface area contributed by atoms with Crippen LogP contribution in [0.25, 0.3) is 0 Å². The lowest BCUT2D eigenvalue weighted by atomic mass is 10.0. The summed E-state index contributed by atoms with van der Waals surface area (Å²) in [5.74, 6) is 8.55. The summed E-state index contributed by atoms with van der Waals surface area (Å²) in [5, 5.41) is 9.41. The van der Waals surface area contributed by atoms with Crippen LogP contribution < -0.4 is 0 Å². The highest BCUT2D eigenvalue weighted by atomic mass is 35.5. The summed E-state index contributed by atoms with van der Waals surface area (Å²) < 4.78 is 16.0. The van der Waals surface area contributed by atoms with Crippen LogP contribution >= 0.6 is 11.6 Å². The molecule has 0 amide bonds. The lowest BCUT2D eigenvalue weighted by Crippen LogP contribution is -2.51. The van der Waals surface area contributed by atoms with Crippen LogP contribution in [-0.2, 0) is 19.0 Å². The van der Waals surface area contributed by atoms with E-state index in [1.807, 2.05) is 0 Å². The molecule has 1 spiro atoms. The third kappa shape index (κ3) is 2.85. The molecule has 0 radical (unpaired) electrons. The zero-order chi connectivity index (χ0) is 15.5. The molecule has 2 aliphatic heterocycles. The number of carbonyl (C=O) groups is 1. The summed E-state index contributed by atoms with van der Waals surface area (Å²) in [7, 11) is 0. The van der Waals surface area contributed by atoms with Gasteiger partial charge in [-0.2, -0.15) is 0 Å². The van der Waals surface area contributed by atoms with Gasteiger partial charge in [0.25, 0.3) is 0 Å². The van der Waals surface area contributed by atoms with Crippen LogP contribution in [-0.4, -0.2) is 34.4 Å². The molecule has 1 N–H and O–H groups in total. The van der Waals surface area contributed by atoms with Gasteiger partial charge in [-0.3, -0.25) is 4.79 Å². The van der Waals surface area contributed by atoms with Crippen molar-refractivity contribution in [2.45, 2.75) is 37.2 Å². The molecule has 1 saturated heterocycles. The van der Waals surface area contributed by atoms with Crippen molar-refractivity contribution in [3.8, 4) is 23.7 Å². The first kappa shape index (κ1) is 15.3. The van der Waals surface area contributed by atoms with Crippen molar-refractivity contribution in [3.63, 3.8) is 0 Å². The summed E-state index contributed by atoms with van der Waals surface area (Å²) >= 11 is 6.12. The molecule has 0 aromatic carbocycles. The molecule has 0 saturated carbocycles. The fourth-order valence-corrected chi connectivity index (χ4v) is 2.30. The SMILES string of the molecule is CC#CC#C/C=C1/OC2(OC=CC2OC(C)=O)C(O)C1Cl. The number of carbonyl (C=O) groups excluding carboxylic acids is 1. The van der Waals surface area contributed by atoms with Gasteiger partial charge >= 0.3 is 11.8 Å². The minimum Gasteiger partial charge on any atom is -0.454 e. The van der Waals surface area contributed by atoms with Crippen LogP contribution in [0.2, 0.25) is 0 Å². The quantitative estimate of drug-likeness (QED) is 0.446. The summed E-state index contributed by atoms with van der Waals surface area (Å²) in [5.41, 5.74) is 0. The minimum absolute atomic E-state index is 0.232. The topological polar surface area (TPSA) is 65.0 Å². The summed E-state index contributed by atoms with van der Waals surface area (Å²) in [6.07, 6.45) is 2.08. The molecular weight excluding hydrogens is 296 g/mol. The number of aliphatic hydroxyl groups excluding tert-OH is 1. The molecule has 4 atom stereocenters. The fourth-order valence-electron chi connectivity index (χ4n) is 2.01. The third-order valence-electron chi connectivity index (χ3n) is 2.91. The largest absolute Gasteiger partial charge is 0.454 e. The van der Waals surface area contributed by atoms with Crippen molar-refractivity contribution in [3.05, 3.63) is 24.2 Å². The maximum absolute atomic E-state index is 11.1. The van der Waals surface area contributed by atoms with Crippen LogP contribution in [0.5, 0.6) is 0 Å². The van der Waals surface area contributed by atoms with E-state index in [-0.39, 0.29) is 5.76 Å². The van der Waals surface area contributed by atoms with Crippen molar-refractivity contribution < 1.29 is 24.1 Å². The number of allylic oxidation sites excluding steroid dienone is 1. The number of ether oxygens (including phenoxy) is 3. The predicted octanol–water partition coefficient (Wildman–Crippen LogP) is 1.07. The fraction of sp³-hybridized carbons (Fsp3) is 0.400. The Morgan fingerprint density at radius 3 is 3.00 bits per heavy atom. The maximum Gasteiger partial charge on any atom is 0.319 e. The van der Waals surface area contributed by atoms with Crippen molar-refractivity contribution in [1.82, 2.24) is 0 Å². The van der Waals surface area contributed by atoms with Crippen LogP contribution in [0, 0.1) is 23.7 Å².